The van der Waals surface area contributed by atoms with E-state index in [1.165, 1.54) is 11.3 Å². The van der Waals surface area contributed by atoms with Gasteiger partial charge in [0.05, 0.1) is 12.7 Å². The topological polar surface area (TPSA) is 24.9 Å². The third-order valence-electron chi connectivity index (χ3n) is 6.92. The largest absolute Gasteiger partial charge is 0.496 e. The van der Waals surface area contributed by atoms with Crippen LogP contribution in [0.15, 0.2) is 54.6 Å². The molecule has 2 aliphatic heterocycles. The molecule has 2 saturated heterocycles. The van der Waals surface area contributed by atoms with E-state index in [1.807, 2.05) is 0 Å². The molecule has 162 valence electrons. The van der Waals surface area contributed by atoms with Gasteiger partial charge in [0.25, 0.3) is 0 Å². The standard InChI is InChI=1S/C26H36N2O2/c1-25(2)21-26(14-20-30-25,23-11-7-8-12-24(23)29-3)13-15-27-16-18-28(19-17-27)22-9-5-4-6-10-22/h4-12H,13-21H2,1-3H3. The van der Waals surface area contributed by atoms with Gasteiger partial charge in [-0.15, -0.1) is 0 Å². The van der Waals surface area contributed by atoms with E-state index in [4.69, 9.17) is 9.47 Å². The second-order valence-electron chi connectivity index (χ2n) is 9.43. The predicted molar refractivity (Wildman–Crippen MR) is 124 cm³/mol. The van der Waals surface area contributed by atoms with Crippen molar-refractivity contribution in [2.45, 2.75) is 44.1 Å². The number of piperazine rings is 1. The highest BCUT2D eigenvalue weighted by Gasteiger charge is 2.43. The number of nitrogens with zero attached hydrogens (tertiary/aromatic N) is 2. The van der Waals surface area contributed by atoms with Crippen molar-refractivity contribution in [1.29, 1.82) is 0 Å². The molecular formula is C26H36N2O2. The fourth-order valence-corrected chi connectivity index (χ4v) is 5.38. The number of para-hydroxylation sites is 2. The van der Waals surface area contributed by atoms with Crippen LogP contribution in [0.1, 0.15) is 38.7 Å². The number of hydrogen-bond acceptors (Lipinski definition) is 4. The second-order valence-corrected chi connectivity index (χ2v) is 9.43. The Kier molecular flexibility index (Phi) is 6.35. The van der Waals surface area contributed by atoms with Gasteiger partial charge in [0.15, 0.2) is 0 Å². The minimum Gasteiger partial charge on any atom is -0.496 e. The fraction of sp³-hybridized carbons (Fsp3) is 0.538. The van der Waals surface area contributed by atoms with Gasteiger partial charge in [-0.3, -0.25) is 4.90 Å². The van der Waals surface area contributed by atoms with Gasteiger partial charge in [-0.25, -0.2) is 0 Å². The first-order valence-corrected chi connectivity index (χ1v) is 11.3. The van der Waals surface area contributed by atoms with Gasteiger partial charge in [-0.05, 0) is 57.9 Å². The number of ether oxygens (including phenoxy) is 2. The van der Waals surface area contributed by atoms with Gasteiger partial charge in [-0.2, -0.15) is 0 Å². The molecular weight excluding hydrogens is 372 g/mol. The predicted octanol–water partition coefficient (Wildman–Crippen LogP) is 4.73. The maximum absolute atomic E-state index is 6.11. The van der Waals surface area contributed by atoms with Crippen molar-refractivity contribution < 1.29 is 9.47 Å². The van der Waals surface area contributed by atoms with Crippen LogP contribution in [-0.2, 0) is 10.2 Å². The van der Waals surface area contributed by atoms with Gasteiger partial charge in [0.1, 0.15) is 5.75 Å². The molecule has 2 aromatic carbocycles. The van der Waals surface area contributed by atoms with E-state index in [2.05, 4.69) is 78.2 Å². The third-order valence-corrected chi connectivity index (χ3v) is 6.92. The third kappa shape index (κ3) is 4.65. The van der Waals surface area contributed by atoms with Gasteiger partial charge in [0.2, 0.25) is 0 Å². The van der Waals surface area contributed by atoms with Gasteiger partial charge in [-0.1, -0.05) is 36.4 Å². The summed E-state index contributed by atoms with van der Waals surface area (Å²) in [5.74, 6) is 1.02. The maximum Gasteiger partial charge on any atom is 0.122 e. The molecule has 0 saturated carbocycles. The average Bonchev–Trinajstić information content (AvgIpc) is 2.78. The fourth-order valence-electron chi connectivity index (χ4n) is 5.38. The van der Waals surface area contributed by atoms with Crippen molar-refractivity contribution in [3.8, 4) is 5.75 Å². The normalized spacial score (nSPS) is 24.6. The summed E-state index contributed by atoms with van der Waals surface area (Å²) in [4.78, 5) is 5.14. The Hall–Kier alpha value is -2.04. The lowest BCUT2D eigenvalue weighted by molar-refractivity contribution is -0.0856. The molecule has 0 aliphatic carbocycles. The van der Waals surface area contributed by atoms with Gasteiger partial charge < -0.3 is 14.4 Å². The molecule has 1 atom stereocenters. The van der Waals surface area contributed by atoms with E-state index in [0.717, 1.165) is 64.3 Å². The molecule has 0 N–H and O–H groups in total. The monoisotopic (exact) mass is 408 g/mol. The first kappa shape index (κ1) is 21.2. The highest BCUT2D eigenvalue weighted by molar-refractivity contribution is 5.46. The zero-order chi connectivity index (χ0) is 21.0. The minimum atomic E-state index is -0.106. The smallest absolute Gasteiger partial charge is 0.122 e. The number of anilines is 1. The van der Waals surface area contributed by atoms with Crippen molar-refractivity contribution >= 4 is 5.69 Å². The van der Waals surface area contributed by atoms with Crippen molar-refractivity contribution in [3.63, 3.8) is 0 Å². The van der Waals surface area contributed by atoms with Crippen molar-refractivity contribution in [2.24, 2.45) is 0 Å². The summed E-state index contributed by atoms with van der Waals surface area (Å²) < 4.78 is 11.9. The molecule has 0 amide bonds. The van der Waals surface area contributed by atoms with Crippen molar-refractivity contribution in [2.75, 3.05) is 51.3 Å². The molecule has 2 fully saturated rings. The molecule has 1 unspecified atom stereocenters. The van der Waals surface area contributed by atoms with Gasteiger partial charge >= 0.3 is 0 Å². The van der Waals surface area contributed by atoms with Crippen molar-refractivity contribution in [1.82, 2.24) is 4.90 Å². The summed E-state index contributed by atoms with van der Waals surface area (Å²) in [5.41, 5.74) is 2.69. The Morgan fingerprint density at radius 2 is 1.63 bits per heavy atom. The summed E-state index contributed by atoms with van der Waals surface area (Å²) >= 11 is 0. The number of methoxy groups -OCH3 is 1. The molecule has 0 bridgehead atoms. The van der Waals surface area contributed by atoms with Crippen LogP contribution in [0, 0.1) is 0 Å². The van der Waals surface area contributed by atoms with E-state index < -0.39 is 0 Å². The van der Waals surface area contributed by atoms with Crippen LogP contribution in [0.4, 0.5) is 5.69 Å². The first-order valence-electron chi connectivity index (χ1n) is 11.3. The summed E-state index contributed by atoms with van der Waals surface area (Å²) in [7, 11) is 1.79. The molecule has 2 aromatic rings. The molecule has 4 rings (SSSR count). The Balaban J connectivity index is 1.46. The van der Waals surface area contributed by atoms with E-state index in [0.29, 0.717) is 0 Å². The Morgan fingerprint density at radius 3 is 2.33 bits per heavy atom. The lowest BCUT2D eigenvalue weighted by Crippen LogP contribution is -2.49. The highest BCUT2D eigenvalue weighted by atomic mass is 16.5. The van der Waals surface area contributed by atoms with Crippen LogP contribution in [0.25, 0.3) is 0 Å². The zero-order valence-corrected chi connectivity index (χ0v) is 18.8. The zero-order valence-electron chi connectivity index (χ0n) is 18.8. The second kappa shape index (κ2) is 8.99. The highest BCUT2D eigenvalue weighted by Crippen LogP contribution is 2.47. The molecule has 0 radical (unpaired) electrons. The van der Waals surface area contributed by atoms with E-state index in [-0.39, 0.29) is 11.0 Å². The van der Waals surface area contributed by atoms with Crippen LogP contribution in [0.2, 0.25) is 0 Å². The Labute approximate surface area is 181 Å². The first-order chi connectivity index (χ1) is 14.5. The van der Waals surface area contributed by atoms with Crippen LogP contribution >= 0.6 is 0 Å². The molecule has 4 heteroatoms. The number of hydrogen-bond donors (Lipinski definition) is 0. The summed E-state index contributed by atoms with van der Waals surface area (Å²) in [6, 6.07) is 19.4. The molecule has 2 aliphatic rings. The SMILES string of the molecule is COc1ccccc1C1(CCN2CCN(c3ccccc3)CC2)CCOC(C)(C)C1. The summed E-state index contributed by atoms with van der Waals surface area (Å²) in [5, 5.41) is 0. The van der Waals surface area contributed by atoms with Crippen LogP contribution in [0.3, 0.4) is 0 Å². The lowest BCUT2D eigenvalue weighted by atomic mass is 9.67. The Bertz CT molecular complexity index is 815. The quantitative estimate of drug-likeness (QED) is 0.690. The van der Waals surface area contributed by atoms with E-state index >= 15 is 0 Å². The van der Waals surface area contributed by atoms with Crippen LogP contribution in [-0.4, -0.2) is 56.9 Å². The van der Waals surface area contributed by atoms with E-state index in [1.54, 1.807) is 7.11 Å². The number of rotatable bonds is 6. The molecule has 30 heavy (non-hydrogen) atoms. The molecule has 0 spiro atoms. The molecule has 0 aromatic heterocycles. The van der Waals surface area contributed by atoms with Crippen LogP contribution < -0.4 is 9.64 Å². The lowest BCUT2D eigenvalue weighted by Gasteiger charge is -2.47. The summed E-state index contributed by atoms with van der Waals surface area (Å²) in [6.45, 7) is 10.8. The van der Waals surface area contributed by atoms with E-state index in [9.17, 15) is 0 Å². The minimum absolute atomic E-state index is 0.102. The average molecular weight is 409 g/mol. The van der Waals surface area contributed by atoms with Crippen molar-refractivity contribution in [3.05, 3.63) is 60.2 Å². The number of benzene rings is 2. The summed E-state index contributed by atoms with van der Waals surface area (Å²) in [6.07, 6.45) is 3.23. The molecule has 2 heterocycles. The van der Waals surface area contributed by atoms with Gasteiger partial charge in [0, 0.05) is 49.5 Å². The molecule has 4 nitrogen and oxygen atoms in total. The van der Waals surface area contributed by atoms with Crippen LogP contribution in [0.5, 0.6) is 5.75 Å². The Morgan fingerprint density at radius 1 is 0.933 bits per heavy atom. The maximum atomic E-state index is 6.11.